The van der Waals surface area contributed by atoms with Crippen molar-refractivity contribution in [2.45, 2.75) is 45.7 Å². The zero-order valence-electron chi connectivity index (χ0n) is 11.4. The molecular weight excluding hydrogens is 234 g/mol. The SMILES string of the molecule is CCC(C)NC(=O)CN1C(=O)CNC(C)(C)C1=O. The van der Waals surface area contributed by atoms with E-state index in [4.69, 9.17) is 0 Å². The fourth-order valence-corrected chi connectivity index (χ4v) is 1.64. The number of hydrogen-bond donors (Lipinski definition) is 2. The molecule has 0 radical (unpaired) electrons. The van der Waals surface area contributed by atoms with Crippen LogP contribution in [0.1, 0.15) is 34.1 Å². The largest absolute Gasteiger partial charge is 0.352 e. The number of carbonyl (C=O) groups is 3. The maximum atomic E-state index is 12.0. The number of carbonyl (C=O) groups excluding carboxylic acids is 3. The zero-order chi connectivity index (χ0) is 13.9. The summed E-state index contributed by atoms with van der Waals surface area (Å²) in [5.41, 5.74) is -0.801. The van der Waals surface area contributed by atoms with Crippen LogP contribution in [0.3, 0.4) is 0 Å². The molecule has 18 heavy (non-hydrogen) atoms. The molecule has 0 saturated carbocycles. The van der Waals surface area contributed by atoms with Gasteiger partial charge in [0.25, 0.3) is 0 Å². The van der Waals surface area contributed by atoms with Crippen molar-refractivity contribution in [1.82, 2.24) is 15.5 Å². The van der Waals surface area contributed by atoms with E-state index in [1.165, 1.54) is 0 Å². The lowest BCUT2D eigenvalue weighted by atomic mass is 10.0. The maximum absolute atomic E-state index is 12.0. The van der Waals surface area contributed by atoms with Gasteiger partial charge in [-0.2, -0.15) is 0 Å². The smallest absolute Gasteiger partial charge is 0.249 e. The van der Waals surface area contributed by atoms with Crippen LogP contribution >= 0.6 is 0 Å². The Morgan fingerprint density at radius 3 is 2.67 bits per heavy atom. The minimum atomic E-state index is -0.801. The van der Waals surface area contributed by atoms with Crippen molar-refractivity contribution < 1.29 is 14.4 Å². The molecule has 1 rings (SSSR count). The minimum absolute atomic E-state index is 0.0404. The molecule has 1 heterocycles. The Hall–Kier alpha value is -1.43. The lowest BCUT2D eigenvalue weighted by Gasteiger charge is -2.36. The third-order valence-corrected chi connectivity index (χ3v) is 3.08. The quantitative estimate of drug-likeness (QED) is 0.672. The molecule has 0 aromatic heterocycles. The van der Waals surface area contributed by atoms with Gasteiger partial charge >= 0.3 is 0 Å². The van der Waals surface area contributed by atoms with E-state index in [1.54, 1.807) is 13.8 Å². The molecular formula is C12H21N3O3. The Labute approximate surface area is 107 Å². The van der Waals surface area contributed by atoms with E-state index in [1.807, 2.05) is 13.8 Å². The average molecular weight is 255 g/mol. The molecule has 102 valence electrons. The predicted molar refractivity (Wildman–Crippen MR) is 66.7 cm³/mol. The highest BCUT2D eigenvalue weighted by Crippen LogP contribution is 2.12. The molecule has 0 aromatic rings. The second kappa shape index (κ2) is 5.48. The standard InChI is InChI=1S/C12H21N3O3/c1-5-8(2)14-9(16)7-15-10(17)6-13-12(3,4)11(15)18/h8,13H,5-7H2,1-4H3,(H,14,16). The molecule has 0 aliphatic carbocycles. The molecule has 1 aliphatic rings. The number of rotatable bonds is 4. The molecule has 1 unspecified atom stereocenters. The summed E-state index contributed by atoms with van der Waals surface area (Å²) >= 11 is 0. The van der Waals surface area contributed by atoms with Gasteiger partial charge in [0.1, 0.15) is 6.54 Å². The number of hydrogen-bond acceptors (Lipinski definition) is 4. The molecule has 0 bridgehead atoms. The van der Waals surface area contributed by atoms with Crippen molar-refractivity contribution in [2.75, 3.05) is 13.1 Å². The fourth-order valence-electron chi connectivity index (χ4n) is 1.64. The molecule has 1 aliphatic heterocycles. The normalized spacial score (nSPS) is 20.8. The van der Waals surface area contributed by atoms with Gasteiger partial charge in [-0.1, -0.05) is 6.92 Å². The molecule has 1 atom stereocenters. The van der Waals surface area contributed by atoms with Crippen molar-refractivity contribution >= 4 is 17.7 Å². The molecule has 3 amide bonds. The van der Waals surface area contributed by atoms with Crippen LogP contribution in [0.4, 0.5) is 0 Å². The third-order valence-electron chi connectivity index (χ3n) is 3.08. The summed E-state index contributed by atoms with van der Waals surface area (Å²) in [7, 11) is 0. The second-order valence-electron chi connectivity index (χ2n) is 5.14. The topological polar surface area (TPSA) is 78.5 Å². The van der Waals surface area contributed by atoms with Crippen molar-refractivity contribution in [2.24, 2.45) is 0 Å². The summed E-state index contributed by atoms with van der Waals surface area (Å²) in [6.45, 7) is 7.10. The molecule has 1 saturated heterocycles. The first-order valence-corrected chi connectivity index (χ1v) is 6.17. The maximum Gasteiger partial charge on any atom is 0.249 e. The van der Waals surface area contributed by atoms with Crippen LogP contribution in [-0.4, -0.2) is 47.3 Å². The van der Waals surface area contributed by atoms with Crippen LogP contribution in [-0.2, 0) is 14.4 Å². The lowest BCUT2D eigenvalue weighted by molar-refractivity contribution is -0.154. The molecule has 0 aromatic carbocycles. The van der Waals surface area contributed by atoms with Crippen LogP contribution in [0.2, 0.25) is 0 Å². The van der Waals surface area contributed by atoms with E-state index in [9.17, 15) is 14.4 Å². The van der Waals surface area contributed by atoms with E-state index >= 15 is 0 Å². The van der Waals surface area contributed by atoms with Gasteiger partial charge in [0.2, 0.25) is 17.7 Å². The minimum Gasteiger partial charge on any atom is -0.352 e. The van der Waals surface area contributed by atoms with E-state index in [0.29, 0.717) is 0 Å². The van der Waals surface area contributed by atoms with E-state index in [2.05, 4.69) is 10.6 Å². The van der Waals surface area contributed by atoms with Crippen LogP contribution in [0.15, 0.2) is 0 Å². The van der Waals surface area contributed by atoms with E-state index in [-0.39, 0.29) is 36.9 Å². The first kappa shape index (κ1) is 14.6. The predicted octanol–water partition coefficient (Wildman–Crippen LogP) is -0.362. The Kier molecular flexibility index (Phi) is 4.45. The molecule has 1 fully saturated rings. The summed E-state index contributed by atoms with van der Waals surface area (Å²) < 4.78 is 0. The van der Waals surface area contributed by atoms with Gasteiger partial charge in [0.05, 0.1) is 12.1 Å². The Morgan fingerprint density at radius 1 is 1.50 bits per heavy atom. The van der Waals surface area contributed by atoms with Gasteiger partial charge in [0.15, 0.2) is 0 Å². The molecule has 0 spiro atoms. The van der Waals surface area contributed by atoms with Gasteiger partial charge in [-0.15, -0.1) is 0 Å². The van der Waals surface area contributed by atoms with Crippen LogP contribution in [0, 0.1) is 0 Å². The van der Waals surface area contributed by atoms with Gasteiger partial charge < -0.3 is 5.32 Å². The van der Waals surface area contributed by atoms with Crippen molar-refractivity contribution in [3.63, 3.8) is 0 Å². The van der Waals surface area contributed by atoms with Crippen LogP contribution in [0.5, 0.6) is 0 Å². The Balaban J connectivity index is 2.67. The van der Waals surface area contributed by atoms with Crippen LogP contribution in [0.25, 0.3) is 0 Å². The van der Waals surface area contributed by atoms with E-state index in [0.717, 1.165) is 11.3 Å². The number of nitrogens with zero attached hydrogens (tertiary/aromatic N) is 1. The van der Waals surface area contributed by atoms with Crippen molar-refractivity contribution in [1.29, 1.82) is 0 Å². The fraction of sp³-hybridized carbons (Fsp3) is 0.750. The second-order valence-corrected chi connectivity index (χ2v) is 5.14. The molecule has 2 N–H and O–H groups in total. The van der Waals surface area contributed by atoms with Gasteiger partial charge in [-0.25, -0.2) is 0 Å². The first-order valence-electron chi connectivity index (χ1n) is 6.17. The number of piperazine rings is 1. The number of nitrogens with one attached hydrogen (secondary N) is 2. The number of imide groups is 1. The zero-order valence-corrected chi connectivity index (χ0v) is 11.4. The summed E-state index contributed by atoms with van der Waals surface area (Å²) in [6, 6.07) is 0.0404. The Morgan fingerprint density at radius 2 is 2.11 bits per heavy atom. The highest BCUT2D eigenvalue weighted by Gasteiger charge is 2.40. The highest BCUT2D eigenvalue weighted by molar-refractivity contribution is 6.05. The summed E-state index contributed by atoms with van der Waals surface area (Å²) in [6.07, 6.45) is 0.806. The van der Waals surface area contributed by atoms with Gasteiger partial charge in [0, 0.05) is 6.04 Å². The first-order chi connectivity index (χ1) is 8.27. The van der Waals surface area contributed by atoms with Crippen molar-refractivity contribution in [3.8, 4) is 0 Å². The summed E-state index contributed by atoms with van der Waals surface area (Å²) in [5, 5.41) is 5.58. The van der Waals surface area contributed by atoms with Crippen molar-refractivity contribution in [3.05, 3.63) is 0 Å². The van der Waals surface area contributed by atoms with Gasteiger partial charge in [-0.3, -0.25) is 24.6 Å². The Bertz CT molecular complexity index is 366. The lowest BCUT2D eigenvalue weighted by Crippen LogP contribution is -2.65. The van der Waals surface area contributed by atoms with E-state index < -0.39 is 5.54 Å². The summed E-state index contributed by atoms with van der Waals surface area (Å²) in [5.74, 6) is -1.03. The highest BCUT2D eigenvalue weighted by atomic mass is 16.2. The number of amides is 3. The molecule has 6 nitrogen and oxygen atoms in total. The average Bonchev–Trinajstić information content (AvgIpc) is 2.30. The monoisotopic (exact) mass is 255 g/mol. The van der Waals surface area contributed by atoms with Gasteiger partial charge in [-0.05, 0) is 27.2 Å². The van der Waals surface area contributed by atoms with Crippen LogP contribution < -0.4 is 10.6 Å². The molecule has 6 heteroatoms. The third kappa shape index (κ3) is 3.29. The summed E-state index contributed by atoms with van der Waals surface area (Å²) in [4.78, 5) is 36.4.